The lowest BCUT2D eigenvalue weighted by molar-refractivity contribution is -0.752. The third-order valence-electron chi connectivity index (χ3n) is 6.08. The smallest absolute Gasteiger partial charge is 0.322 e. The van der Waals surface area contributed by atoms with E-state index in [9.17, 15) is 4.79 Å². The van der Waals surface area contributed by atoms with Crippen molar-refractivity contribution in [3.05, 3.63) is 35.9 Å². The van der Waals surface area contributed by atoms with Crippen LogP contribution in [0.25, 0.3) is 0 Å². The summed E-state index contributed by atoms with van der Waals surface area (Å²) in [6.07, 6.45) is 4.71. The molecule has 1 aromatic rings. The van der Waals surface area contributed by atoms with Crippen LogP contribution in [0.5, 0.6) is 0 Å². The van der Waals surface area contributed by atoms with E-state index in [2.05, 4.69) is 52.2 Å². The molecule has 2 aliphatic heterocycles. The van der Waals surface area contributed by atoms with Gasteiger partial charge in [-0.2, -0.15) is 0 Å². The zero-order chi connectivity index (χ0) is 16.2. The summed E-state index contributed by atoms with van der Waals surface area (Å²) < 4.78 is 5.92. The Balaban J connectivity index is 1.78. The minimum atomic E-state index is -0.486. The van der Waals surface area contributed by atoms with E-state index in [0.29, 0.717) is 11.8 Å². The Morgan fingerprint density at radius 2 is 1.65 bits per heavy atom. The summed E-state index contributed by atoms with van der Waals surface area (Å²) in [5.74, 6) is 0.874. The van der Waals surface area contributed by atoms with E-state index in [1.807, 2.05) is 19.9 Å². The highest BCUT2D eigenvalue weighted by Gasteiger charge is 2.62. The van der Waals surface area contributed by atoms with Gasteiger partial charge in [-0.1, -0.05) is 52.9 Å². The first-order chi connectivity index (χ1) is 10.9. The predicted molar refractivity (Wildman–Crippen MR) is 97.3 cm³/mol. The maximum absolute atomic E-state index is 12.8. The lowest BCUT2D eigenvalue weighted by atomic mass is 9.54. The Morgan fingerprint density at radius 1 is 1.13 bits per heavy atom. The van der Waals surface area contributed by atoms with Crippen molar-refractivity contribution in [2.75, 3.05) is 0 Å². The summed E-state index contributed by atoms with van der Waals surface area (Å²) in [5.41, 5.74) is 0.810. The number of carbonyl (C=O) groups is 1. The zero-order valence-corrected chi connectivity index (χ0v) is 16.0. The summed E-state index contributed by atoms with van der Waals surface area (Å²) in [5, 5.41) is 2.58. The molecule has 2 N–H and O–H groups in total. The predicted octanol–water partition coefficient (Wildman–Crippen LogP) is 2.77. The third kappa shape index (κ3) is 2.53. The molecule has 2 saturated heterocycles. The molecule has 0 amide bonds. The molecule has 124 valence electrons. The van der Waals surface area contributed by atoms with Gasteiger partial charge in [0.05, 0.1) is 12.1 Å². The summed E-state index contributed by atoms with van der Waals surface area (Å²) in [4.78, 5) is 12.8. The molecule has 0 atom stereocenters. The molecular formula is C19H25INO2+. The molecule has 4 heteroatoms. The second-order valence-corrected chi connectivity index (χ2v) is 10.8. The molecule has 0 radical (unpaired) electrons. The van der Waals surface area contributed by atoms with E-state index in [1.54, 1.807) is 0 Å². The summed E-state index contributed by atoms with van der Waals surface area (Å²) in [6, 6.07) is 12.0. The molecule has 4 fully saturated rings. The molecule has 2 aliphatic carbocycles. The maximum atomic E-state index is 12.8. The number of piperidine rings is 2. The summed E-state index contributed by atoms with van der Waals surface area (Å²) in [6.45, 7) is 3.89. The molecule has 4 aliphatic rings. The molecule has 5 rings (SSSR count). The van der Waals surface area contributed by atoms with Crippen LogP contribution in [0.1, 0.15) is 45.1 Å². The van der Waals surface area contributed by atoms with Gasteiger partial charge in [-0.25, -0.2) is 0 Å². The molecular weight excluding hydrogens is 401 g/mol. The third-order valence-corrected chi connectivity index (χ3v) is 6.52. The molecule has 23 heavy (non-hydrogen) atoms. The number of benzene rings is 1. The van der Waals surface area contributed by atoms with Gasteiger partial charge in [0.25, 0.3) is 0 Å². The van der Waals surface area contributed by atoms with Crippen LogP contribution >= 0.6 is 22.6 Å². The molecule has 0 aromatic heterocycles. The van der Waals surface area contributed by atoms with Crippen molar-refractivity contribution in [1.29, 1.82) is 0 Å². The van der Waals surface area contributed by atoms with E-state index >= 15 is 0 Å². The fourth-order valence-electron chi connectivity index (χ4n) is 5.25. The number of nitrogens with two attached hydrogens (primary N) is 1. The minimum absolute atomic E-state index is 0.0709. The van der Waals surface area contributed by atoms with Crippen LogP contribution < -0.4 is 5.32 Å². The Hall–Kier alpha value is -0.620. The highest BCUT2D eigenvalue weighted by atomic mass is 127. The Kier molecular flexibility index (Phi) is 3.76. The quantitative estimate of drug-likeness (QED) is 0.459. The second-order valence-electron chi connectivity index (χ2n) is 8.07. The van der Waals surface area contributed by atoms with E-state index < -0.39 is 9.02 Å². The first-order valence-electron chi connectivity index (χ1n) is 8.72. The normalized spacial score (nSPS) is 38.6. The highest BCUT2D eigenvalue weighted by Crippen LogP contribution is 2.56. The van der Waals surface area contributed by atoms with Gasteiger partial charge in [0.15, 0.2) is 0 Å². The van der Waals surface area contributed by atoms with Gasteiger partial charge in [-0.05, 0) is 19.4 Å². The number of hydrogen-bond acceptors (Lipinski definition) is 2. The molecule has 3 nitrogen and oxygen atoms in total. The molecule has 4 bridgehead atoms. The maximum Gasteiger partial charge on any atom is 0.322 e. The monoisotopic (exact) mass is 426 g/mol. The van der Waals surface area contributed by atoms with Crippen molar-refractivity contribution in [2.24, 2.45) is 11.8 Å². The molecule has 1 aromatic carbocycles. The number of quaternary nitrogens is 1. The summed E-state index contributed by atoms with van der Waals surface area (Å²) in [7, 11) is 0. The van der Waals surface area contributed by atoms with Crippen LogP contribution in [0.15, 0.2) is 30.3 Å². The molecule has 0 spiro atoms. The van der Waals surface area contributed by atoms with Crippen molar-refractivity contribution in [3.8, 4) is 0 Å². The topological polar surface area (TPSA) is 42.9 Å². The van der Waals surface area contributed by atoms with Crippen LogP contribution in [-0.4, -0.2) is 21.5 Å². The van der Waals surface area contributed by atoms with Gasteiger partial charge in [0.1, 0.15) is 9.02 Å². The van der Waals surface area contributed by atoms with Crippen molar-refractivity contribution >= 4 is 28.6 Å². The number of alkyl halides is 1. The van der Waals surface area contributed by atoms with Crippen LogP contribution in [0.2, 0.25) is 0 Å². The highest BCUT2D eigenvalue weighted by molar-refractivity contribution is 14.1. The van der Waals surface area contributed by atoms with Gasteiger partial charge in [0.2, 0.25) is 0 Å². The molecule has 2 heterocycles. The largest absolute Gasteiger partial charge is 0.453 e. The number of ether oxygens (including phenoxy) is 1. The fourth-order valence-corrected chi connectivity index (χ4v) is 5.36. The van der Waals surface area contributed by atoms with E-state index in [4.69, 9.17) is 4.74 Å². The van der Waals surface area contributed by atoms with E-state index in [0.717, 1.165) is 12.1 Å². The summed E-state index contributed by atoms with van der Waals surface area (Å²) >= 11 is 2.20. The first kappa shape index (κ1) is 15.9. The molecule has 2 saturated carbocycles. The van der Waals surface area contributed by atoms with E-state index in [-0.39, 0.29) is 5.97 Å². The first-order valence-corrected chi connectivity index (χ1v) is 9.80. The minimum Gasteiger partial charge on any atom is -0.453 e. The Bertz CT molecular complexity index is 580. The van der Waals surface area contributed by atoms with Crippen LogP contribution in [0.4, 0.5) is 0 Å². The van der Waals surface area contributed by atoms with Gasteiger partial charge in [0, 0.05) is 37.5 Å². The Labute approximate surface area is 151 Å². The van der Waals surface area contributed by atoms with Gasteiger partial charge in [-0.15, -0.1) is 0 Å². The number of carbonyl (C=O) groups excluding carboxylic acids is 1. The average molecular weight is 426 g/mol. The van der Waals surface area contributed by atoms with E-state index in [1.165, 1.54) is 31.2 Å². The van der Waals surface area contributed by atoms with Crippen molar-refractivity contribution in [1.82, 2.24) is 0 Å². The van der Waals surface area contributed by atoms with Gasteiger partial charge >= 0.3 is 5.97 Å². The fraction of sp³-hybridized carbons (Fsp3) is 0.632. The zero-order valence-electron chi connectivity index (χ0n) is 13.8. The average Bonchev–Trinajstić information content (AvgIpc) is 2.50. The van der Waals surface area contributed by atoms with Crippen LogP contribution in [0.3, 0.4) is 0 Å². The van der Waals surface area contributed by atoms with Crippen LogP contribution in [0, 0.1) is 11.8 Å². The lowest BCUT2D eigenvalue weighted by Crippen LogP contribution is -3.01. The van der Waals surface area contributed by atoms with Crippen molar-refractivity contribution in [3.63, 3.8) is 0 Å². The number of rotatable bonds is 3. The standard InChI is InChI=1S/C19H24INO2/c1-18(2,20)17(22)23-19(12-6-4-3-5-7-12)13-8-15-10-14(19)11-16(9-13)21-15/h3-7,13-16,21H,8-11H2,1-2H3/p+1. The SMILES string of the molecule is CC(C)(I)C(=O)OC1(c2ccccc2)C2CC3CC1CC(C2)[NH2+]3. The lowest BCUT2D eigenvalue weighted by Gasteiger charge is -2.58. The van der Waals surface area contributed by atoms with Gasteiger partial charge in [-0.3, -0.25) is 4.79 Å². The van der Waals surface area contributed by atoms with Gasteiger partial charge < -0.3 is 10.1 Å². The number of hydrogen-bond donors (Lipinski definition) is 1. The Morgan fingerprint density at radius 3 is 2.13 bits per heavy atom. The molecule has 0 unspecified atom stereocenters. The second kappa shape index (κ2) is 5.45. The van der Waals surface area contributed by atoms with Crippen molar-refractivity contribution < 1.29 is 14.8 Å². The van der Waals surface area contributed by atoms with Crippen molar-refractivity contribution in [2.45, 2.75) is 60.6 Å². The van der Waals surface area contributed by atoms with Crippen LogP contribution in [-0.2, 0) is 15.1 Å². The number of halogens is 1. The number of esters is 1.